The first-order valence-corrected chi connectivity index (χ1v) is 8.25. The lowest BCUT2D eigenvalue weighted by atomic mass is 10.2. The summed E-state index contributed by atoms with van der Waals surface area (Å²) >= 11 is 0. The molecule has 1 heterocycles. The van der Waals surface area contributed by atoms with Crippen molar-refractivity contribution in [2.75, 3.05) is 13.2 Å². The van der Waals surface area contributed by atoms with E-state index in [0.717, 1.165) is 0 Å². The van der Waals surface area contributed by atoms with Gasteiger partial charge in [0.1, 0.15) is 18.5 Å². The Labute approximate surface area is 151 Å². The fourth-order valence-corrected chi connectivity index (χ4v) is 2.23. The van der Waals surface area contributed by atoms with E-state index >= 15 is 0 Å². The van der Waals surface area contributed by atoms with Gasteiger partial charge in [0.05, 0.1) is 6.61 Å². The van der Waals surface area contributed by atoms with Crippen molar-refractivity contribution in [3.8, 4) is 0 Å². The lowest BCUT2D eigenvalue weighted by Gasteiger charge is -2.26. The Bertz CT molecular complexity index is 697. The summed E-state index contributed by atoms with van der Waals surface area (Å²) in [5, 5.41) is 0. The minimum absolute atomic E-state index is 0.0391. The van der Waals surface area contributed by atoms with Crippen LogP contribution in [-0.2, 0) is 28.5 Å². The number of carbonyl (C=O) groups excluding carboxylic acids is 2. The predicted octanol–water partition coefficient (Wildman–Crippen LogP) is 2.98. The van der Waals surface area contributed by atoms with Gasteiger partial charge >= 0.3 is 11.9 Å². The Balaban J connectivity index is 2.12. The molecule has 2 atom stereocenters. The van der Waals surface area contributed by atoms with Crippen molar-refractivity contribution in [1.29, 1.82) is 0 Å². The summed E-state index contributed by atoms with van der Waals surface area (Å²) in [4.78, 5) is 23.1. The fourth-order valence-electron chi connectivity index (χ4n) is 2.23. The first-order valence-electron chi connectivity index (χ1n) is 8.25. The average Bonchev–Trinajstić information content (AvgIpc) is 2.62. The van der Waals surface area contributed by atoms with Gasteiger partial charge < -0.3 is 18.9 Å². The van der Waals surface area contributed by atoms with E-state index in [1.807, 2.05) is 0 Å². The molecule has 1 aromatic rings. The van der Waals surface area contributed by atoms with Gasteiger partial charge in [-0.15, -0.1) is 0 Å². The molecule has 7 heteroatoms. The third kappa shape index (κ3) is 6.00. The van der Waals surface area contributed by atoms with Crippen molar-refractivity contribution in [1.82, 2.24) is 0 Å². The number of hydrogen-bond donors (Lipinski definition) is 0. The lowest BCUT2D eigenvalue weighted by Crippen LogP contribution is -2.31. The summed E-state index contributed by atoms with van der Waals surface area (Å²) in [7, 11) is 0. The Morgan fingerprint density at radius 3 is 2.77 bits per heavy atom. The summed E-state index contributed by atoms with van der Waals surface area (Å²) in [5.74, 6) is -1.79. The van der Waals surface area contributed by atoms with Gasteiger partial charge in [0.25, 0.3) is 0 Å². The van der Waals surface area contributed by atoms with Crippen LogP contribution >= 0.6 is 0 Å². The number of esters is 2. The van der Waals surface area contributed by atoms with Gasteiger partial charge in [-0.05, 0) is 19.1 Å². The second-order valence-corrected chi connectivity index (χ2v) is 5.44. The summed E-state index contributed by atoms with van der Waals surface area (Å²) in [6.07, 6.45) is 3.92. The zero-order chi connectivity index (χ0) is 18.9. The van der Waals surface area contributed by atoms with Gasteiger partial charge in [-0.25, -0.2) is 9.18 Å². The van der Waals surface area contributed by atoms with Crippen LogP contribution in [0, 0.1) is 5.82 Å². The standard InChI is InChI=1S/C19H21FO6/c1-3-23-19(22)17(11-14-7-4-5-9-16(14)20)26-18-10-6-8-15(25-18)12-24-13(2)21/h4-9,11,15,18H,3,10,12H2,1-2H3/t15-,18+/m0/s1. The molecule has 2 rings (SSSR count). The van der Waals surface area contributed by atoms with E-state index in [-0.39, 0.29) is 24.5 Å². The lowest BCUT2D eigenvalue weighted by molar-refractivity contribution is -0.172. The Kier molecular flexibility index (Phi) is 7.35. The number of benzene rings is 1. The fraction of sp³-hybridized carbons (Fsp3) is 0.368. The van der Waals surface area contributed by atoms with Crippen molar-refractivity contribution in [2.45, 2.75) is 32.7 Å². The van der Waals surface area contributed by atoms with Gasteiger partial charge in [0, 0.05) is 18.9 Å². The Hall–Kier alpha value is -2.67. The average molecular weight is 364 g/mol. The van der Waals surface area contributed by atoms with E-state index in [0.29, 0.717) is 6.42 Å². The highest BCUT2D eigenvalue weighted by Gasteiger charge is 2.24. The molecule has 0 radical (unpaired) electrons. The normalized spacial score (nSPS) is 19.7. The molecule has 1 aliphatic rings. The molecule has 0 saturated heterocycles. The molecule has 0 N–H and O–H groups in total. The summed E-state index contributed by atoms with van der Waals surface area (Å²) in [5.41, 5.74) is 0.193. The minimum Gasteiger partial charge on any atom is -0.463 e. The Morgan fingerprint density at radius 1 is 1.31 bits per heavy atom. The highest BCUT2D eigenvalue weighted by atomic mass is 19.1. The first-order chi connectivity index (χ1) is 12.5. The van der Waals surface area contributed by atoms with Gasteiger partial charge in [-0.2, -0.15) is 0 Å². The number of carbonyl (C=O) groups is 2. The number of rotatable bonds is 7. The molecule has 0 spiro atoms. The molecule has 1 aliphatic heterocycles. The molecule has 0 aromatic heterocycles. The smallest absolute Gasteiger partial charge is 0.373 e. The second-order valence-electron chi connectivity index (χ2n) is 5.44. The third-order valence-corrected chi connectivity index (χ3v) is 3.38. The summed E-state index contributed by atoms with van der Waals surface area (Å²) in [6.45, 7) is 3.15. The molecule has 1 aromatic carbocycles. The molecule has 140 valence electrons. The van der Waals surface area contributed by atoms with Crippen LogP contribution in [-0.4, -0.2) is 37.5 Å². The van der Waals surface area contributed by atoms with Crippen molar-refractivity contribution < 1.29 is 32.9 Å². The number of hydrogen-bond acceptors (Lipinski definition) is 6. The molecule has 0 fully saturated rings. The molecular weight excluding hydrogens is 343 g/mol. The zero-order valence-electron chi connectivity index (χ0n) is 14.6. The van der Waals surface area contributed by atoms with Crippen LogP contribution in [0.1, 0.15) is 25.8 Å². The van der Waals surface area contributed by atoms with Crippen LogP contribution in [0.2, 0.25) is 0 Å². The number of halogens is 1. The van der Waals surface area contributed by atoms with E-state index < -0.39 is 30.1 Å². The maximum atomic E-state index is 13.9. The van der Waals surface area contributed by atoms with Crippen LogP contribution in [0.3, 0.4) is 0 Å². The maximum Gasteiger partial charge on any atom is 0.373 e. The summed E-state index contributed by atoms with van der Waals surface area (Å²) in [6, 6.07) is 5.99. The molecule has 0 bridgehead atoms. The van der Waals surface area contributed by atoms with Crippen LogP contribution in [0.4, 0.5) is 4.39 Å². The third-order valence-electron chi connectivity index (χ3n) is 3.38. The quantitative estimate of drug-likeness (QED) is 0.321. The van der Waals surface area contributed by atoms with Gasteiger partial charge in [0.2, 0.25) is 12.0 Å². The Morgan fingerprint density at radius 2 is 2.08 bits per heavy atom. The van der Waals surface area contributed by atoms with E-state index in [1.165, 1.54) is 25.1 Å². The monoisotopic (exact) mass is 364 g/mol. The summed E-state index contributed by atoms with van der Waals surface area (Å²) < 4.78 is 35.0. The van der Waals surface area contributed by atoms with Gasteiger partial charge in [0.15, 0.2) is 0 Å². The minimum atomic E-state index is -0.789. The molecular formula is C19H21FO6. The first kappa shape index (κ1) is 19.7. The van der Waals surface area contributed by atoms with Crippen molar-refractivity contribution >= 4 is 18.0 Å². The van der Waals surface area contributed by atoms with Crippen molar-refractivity contribution in [3.63, 3.8) is 0 Å². The second kappa shape index (κ2) is 9.72. The highest BCUT2D eigenvalue weighted by Crippen LogP contribution is 2.20. The maximum absolute atomic E-state index is 13.9. The molecule has 0 aliphatic carbocycles. The predicted molar refractivity (Wildman–Crippen MR) is 91.1 cm³/mol. The van der Waals surface area contributed by atoms with Crippen molar-refractivity contribution in [3.05, 3.63) is 53.6 Å². The topological polar surface area (TPSA) is 71.1 Å². The van der Waals surface area contributed by atoms with Crippen molar-refractivity contribution in [2.24, 2.45) is 0 Å². The van der Waals surface area contributed by atoms with E-state index in [2.05, 4.69) is 0 Å². The largest absolute Gasteiger partial charge is 0.463 e. The SMILES string of the molecule is CCOC(=O)C(=Cc1ccccc1F)O[C@@H]1CC=C[C@@H](COC(C)=O)O1. The van der Waals surface area contributed by atoms with Gasteiger partial charge in [-0.3, -0.25) is 4.79 Å². The van der Waals surface area contributed by atoms with Crippen LogP contribution in [0.25, 0.3) is 6.08 Å². The number of ether oxygens (including phenoxy) is 4. The zero-order valence-corrected chi connectivity index (χ0v) is 14.6. The molecule has 6 nitrogen and oxygen atoms in total. The molecule has 0 unspecified atom stereocenters. The van der Waals surface area contributed by atoms with Crippen LogP contribution in [0.5, 0.6) is 0 Å². The molecule has 26 heavy (non-hydrogen) atoms. The van der Waals surface area contributed by atoms with Crippen LogP contribution < -0.4 is 0 Å². The molecule has 0 amide bonds. The van der Waals surface area contributed by atoms with Crippen LogP contribution in [0.15, 0.2) is 42.2 Å². The van der Waals surface area contributed by atoms with Gasteiger partial charge in [-0.1, -0.05) is 30.4 Å². The highest BCUT2D eigenvalue weighted by molar-refractivity contribution is 5.91. The van der Waals surface area contributed by atoms with E-state index in [1.54, 1.807) is 31.2 Å². The van der Waals surface area contributed by atoms with E-state index in [4.69, 9.17) is 18.9 Å². The van der Waals surface area contributed by atoms with E-state index in [9.17, 15) is 14.0 Å². The molecule has 0 saturated carbocycles.